The van der Waals surface area contributed by atoms with Crippen molar-refractivity contribution in [3.05, 3.63) is 71.9 Å². The number of imidazole rings is 1. The highest BCUT2D eigenvalue weighted by molar-refractivity contribution is 7.93. The zero-order valence-corrected chi connectivity index (χ0v) is 17.2. The highest BCUT2D eigenvalue weighted by Crippen LogP contribution is 2.20. The van der Waals surface area contributed by atoms with E-state index in [1.54, 1.807) is 34.5 Å². The first-order valence-corrected chi connectivity index (χ1v) is 11.0. The number of anilines is 2. The zero-order chi connectivity index (χ0) is 21.1. The van der Waals surface area contributed by atoms with Crippen LogP contribution in [0, 0.1) is 6.92 Å². The maximum atomic E-state index is 12.4. The Morgan fingerprint density at radius 1 is 1.03 bits per heavy atom. The van der Waals surface area contributed by atoms with Crippen LogP contribution in [0.2, 0.25) is 0 Å². The minimum Gasteiger partial charge on any atom is -0.321 e. The molecule has 0 aliphatic carbocycles. The van der Waals surface area contributed by atoms with E-state index in [1.807, 2.05) is 6.92 Å². The summed E-state index contributed by atoms with van der Waals surface area (Å²) in [5.74, 6) is 0.831. The number of amides is 1. The van der Waals surface area contributed by atoms with Crippen LogP contribution in [0.3, 0.4) is 0 Å². The molecule has 1 aromatic carbocycles. The third-order valence-corrected chi connectivity index (χ3v) is 6.20. The van der Waals surface area contributed by atoms with Gasteiger partial charge >= 0.3 is 0 Å². The molecule has 0 radical (unpaired) electrons. The van der Waals surface area contributed by atoms with Gasteiger partial charge in [-0.15, -0.1) is 21.5 Å². The average Bonchev–Trinajstić information content (AvgIpc) is 3.40. The topological polar surface area (TPSA) is 132 Å². The van der Waals surface area contributed by atoms with E-state index in [0.29, 0.717) is 11.5 Å². The Labute approximate surface area is 175 Å². The summed E-state index contributed by atoms with van der Waals surface area (Å²) in [6.07, 6.45) is 4.90. The van der Waals surface area contributed by atoms with Gasteiger partial charge in [0.1, 0.15) is 5.82 Å². The van der Waals surface area contributed by atoms with E-state index in [0.717, 1.165) is 5.82 Å². The van der Waals surface area contributed by atoms with Crippen molar-refractivity contribution in [2.45, 2.75) is 11.8 Å². The smallest absolute Gasteiger partial charge is 0.276 e. The molecule has 0 unspecified atom stereocenters. The molecule has 0 saturated heterocycles. The van der Waals surface area contributed by atoms with E-state index in [4.69, 9.17) is 0 Å². The molecule has 3 heterocycles. The number of hydrogen-bond acceptors (Lipinski definition) is 8. The highest BCUT2D eigenvalue weighted by atomic mass is 32.2. The fraction of sp³-hybridized carbons (Fsp3) is 0.0556. The third-order valence-electron chi connectivity index (χ3n) is 4.03. The lowest BCUT2D eigenvalue weighted by Crippen LogP contribution is -2.16. The van der Waals surface area contributed by atoms with Crippen LogP contribution in [0.1, 0.15) is 16.3 Å². The van der Waals surface area contributed by atoms with E-state index in [-0.39, 0.29) is 15.7 Å². The molecule has 12 heteroatoms. The lowest BCUT2D eigenvalue weighted by atomic mass is 10.3. The van der Waals surface area contributed by atoms with E-state index in [9.17, 15) is 13.2 Å². The van der Waals surface area contributed by atoms with Gasteiger partial charge in [0.15, 0.2) is 16.6 Å². The number of nitrogens with zero attached hydrogens (tertiary/aromatic N) is 5. The monoisotopic (exact) mass is 441 g/mol. The molecule has 4 rings (SSSR count). The average molecular weight is 441 g/mol. The fourth-order valence-electron chi connectivity index (χ4n) is 2.56. The normalized spacial score (nSPS) is 11.2. The molecule has 0 spiro atoms. The van der Waals surface area contributed by atoms with Crippen LogP contribution in [-0.4, -0.2) is 39.1 Å². The number of sulfonamides is 1. The van der Waals surface area contributed by atoms with Crippen LogP contribution in [0.15, 0.2) is 65.3 Å². The number of rotatable bonds is 6. The van der Waals surface area contributed by atoms with Gasteiger partial charge in [-0.1, -0.05) is 0 Å². The maximum Gasteiger partial charge on any atom is 0.276 e. The molecule has 30 heavy (non-hydrogen) atoms. The Bertz CT molecular complexity index is 1270. The van der Waals surface area contributed by atoms with Crippen LogP contribution in [0.4, 0.5) is 10.8 Å². The van der Waals surface area contributed by atoms with Crippen molar-refractivity contribution in [3.8, 4) is 5.82 Å². The number of aromatic nitrogens is 5. The standard InChI is InChI=1S/C18H15N7O3S2/c1-12-19-8-10-25(12)16-7-6-15(22-23-16)17(26)21-13-2-4-14(5-3-13)30(27,28)24-18-20-9-11-29-18/h2-11H,1H3,(H,20,24)(H,21,26). The minimum absolute atomic E-state index is 0.0514. The van der Waals surface area contributed by atoms with Crippen LogP contribution in [0.5, 0.6) is 0 Å². The second-order valence-corrected chi connectivity index (χ2v) is 8.62. The van der Waals surface area contributed by atoms with Gasteiger partial charge in [-0.05, 0) is 43.3 Å². The molecule has 0 saturated carbocycles. The Hall–Kier alpha value is -3.64. The zero-order valence-electron chi connectivity index (χ0n) is 15.6. The number of benzene rings is 1. The summed E-state index contributed by atoms with van der Waals surface area (Å²) in [6, 6.07) is 8.98. The predicted octanol–water partition coefficient (Wildman–Crippen LogP) is 2.48. The summed E-state index contributed by atoms with van der Waals surface area (Å²) in [7, 11) is -3.76. The molecule has 0 atom stereocenters. The first kappa shape index (κ1) is 19.7. The van der Waals surface area contributed by atoms with Gasteiger partial charge in [0.05, 0.1) is 4.90 Å². The Morgan fingerprint density at radius 3 is 2.43 bits per heavy atom. The molecule has 152 valence electrons. The van der Waals surface area contributed by atoms with Gasteiger partial charge in [0.25, 0.3) is 15.9 Å². The van der Waals surface area contributed by atoms with Crippen molar-refractivity contribution >= 4 is 38.1 Å². The van der Waals surface area contributed by atoms with Gasteiger partial charge in [0.2, 0.25) is 0 Å². The first-order valence-electron chi connectivity index (χ1n) is 8.60. The van der Waals surface area contributed by atoms with Crippen LogP contribution in [0.25, 0.3) is 5.82 Å². The SMILES string of the molecule is Cc1nccn1-c1ccc(C(=O)Nc2ccc(S(=O)(=O)Nc3nccs3)cc2)nn1. The molecular formula is C18H15N7O3S2. The van der Waals surface area contributed by atoms with Gasteiger partial charge in [0, 0.05) is 29.7 Å². The molecule has 0 aliphatic heterocycles. The predicted molar refractivity (Wildman–Crippen MR) is 111 cm³/mol. The lowest BCUT2D eigenvalue weighted by molar-refractivity contribution is 0.102. The molecule has 4 aromatic rings. The van der Waals surface area contributed by atoms with E-state index in [2.05, 4.69) is 30.2 Å². The Morgan fingerprint density at radius 2 is 1.83 bits per heavy atom. The molecule has 0 fully saturated rings. The van der Waals surface area contributed by atoms with Crippen LogP contribution in [-0.2, 0) is 10.0 Å². The second-order valence-electron chi connectivity index (χ2n) is 6.04. The van der Waals surface area contributed by atoms with Crippen molar-refractivity contribution in [2.75, 3.05) is 10.0 Å². The van der Waals surface area contributed by atoms with E-state index >= 15 is 0 Å². The summed E-state index contributed by atoms with van der Waals surface area (Å²) < 4.78 is 28.8. The van der Waals surface area contributed by atoms with E-state index < -0.39 is 15.9 Å². The minimum atomic E-state index is -3.76. The second kappa shape index (κ2) is 8.00. The molecule has 10 nitrogen and oxygen atoms in total. The summed E-state index contributed by atoms with van der Waals surface area (Å²) >= 11 is 1.18. The Kier molecular flexibility index (Phi) is 5.25. The Balaban J connectivity index is 1.44. The third kappa shape index (κ3) is 4.18. The van der Waals surface area contributed by atoms with Crippen molar-refractivity contribution in [1.29, 1.82) is 0 Å². The van der Waals surface area contributed by atoms with Crippen molar-refractivity contribution in [2.24, 2.45) is 0 Å². The van der Waals surface area contributed by atoms with Gasteiger partial charge in [-0.25, -0.2) is 18.4 Å². The number of aryl methyl sites for hydroxylation is 1. The van der Waals surface area contributed by atoms with Gasteiger partial charge in [-0.2, -0.15) is 0 Å². The van der Waals surface area contributed by atoms with Gasteiger partial charge in [-0.3, -0.25) is 14.1 Å². The van der Waals surface area contributed by atoms with E-state index in [1.165, 1.54) is 41.8 Å². The number of nitrogens with one attached hydrogen (secondary N) is 2. The molecule has 1 amide bonds. The highest BCUT2D eigenvalue weighted by Gasteiger charge is 2.16. The molecule has 0 aliphatic rings. The quantitative estimate of drug-likeness (QED) is 0.470. The van der Waals surface area contributed by atoms with Gasteiger partial charge < -0.3 is 5.32 Å². The first-order chi connectivity index (χ1) is 14.4. The summed E-state index contributed by atoms with van der Waals surface area (Å²) in [4.78, 5) is 20.5. The van der Waals surface area contributed by atoms with Crippen LogP contribution >= 0.6 is 11.3 Å². The van der Waals surface area contributed by atoms with Crippen molar-refractivity contribution in [3.63, 3.8) is 0 Å². The number of thiazole rings is 1. The summed E-state index contributed by atoms with van der Waals surface area (Å²) in [6.45, 7) is 1.83. The van der Waals surface area contributed by atoms with Crippen LogP contribution < -0.4 is 10.0 Å². The summed E-state index contributed by atoms with van der Waals surface area (Å²) in [5, 5.41) is 12.6. The largest absolute Gasteiger partial charge is 0.321 e. The number of hydrogen-bond donors (Lipinski definition) is 2. The number of carbonyl (C=O) groups excluding carboxylic acids is 1. The maximum absolute atomic E-state index is 12.4. The fourth-order valence-corrected chi connectivity index (χ4v) is 4.34. The van der Waals surface area contributed by atoms with Crippen molar-refractivity contribution in [1.82, 2.24) is 24.7 Å². The molecule has 0 bridgehead atoms. The van der Waals surface area contributed by atoms with Crippen molar-refractivity contribution < 1.29 is 13.2 Å². The lowest BCUT2D eigenvalue weighted by Gasteiger charge is -2.08. The molecule has 3 aromatic heterocycles. The molecular weight excluding hydrogens is 426 g/mol. The molecule has 2 N–H and O–H groups in total. The number of carbonyl (C=O) groups is 1. The summed E-state index contributed by atoms with van der Waals surface area (Å²) in [5.41, 5.74) is 0.545.